The number of halogens is 1. The predicted molar refractivity (Wildman–Crippen MR) is 69.4 cm³/mol. The summed E-state index contributed by atoms with van der Waals surface area (Å²) in [5.41, 5.74) is 0.834. The Morgan fingerprint density at radius 3 is 2.65 bits per heavy atom. The monoisotopic (exact) mass is 235 g/mol. The normalized spacial score (nSPS) is 18.5. The molecule has 1 atom stereocenters. The zero-order valence-electron chi connectivity index (χ0n) is 10.6. The van der Waals surface area contributed by atoms with Crippen LogP contribution in [0.1, 0.15) is 50.6 Å². The van der Waals surface area contributed by atoms with Gasteiger partial charge in [0.1, 0.15) is 5.82 Å². The number of rotatable bonds is 5. The van der Waals surface area contributed by atoms with Crippen molar-refractivity contribution in [2.45, 2.75) is 45.1 Å². The van der Waals surface area contributed by atoms with Crippen LogP contribution in [0.25, 0.3) is 0 Å². The van der Waals surface area contributed by atoms with Crippen molar-refractivity contribution in [3.63, 3.8) is 0 Å². The van der Waals surface area contributed by atoms with Crippen molar-refractivity contribution < 1.29 is 4.39 Å². The van der Waals surface area contributed by atoms with Gasteiger partial charge in [0.05, 0.1) is 0 Å². The van der Waals surface area contributed by atoms with E-state index in [4.69, 9.17) is 0 Å². The summed E-state index contributed by atoms with van der Waals surface area (Å²) in [6, 6.07) is 7.35. The summed E-state index contributed by atoms with van der Waals surface area (Å²) in [5, 5.41) is 3.43. The summed E-state index contributed by atoms with van der Waals surface area (Å²) in [6.45, 7) is 2.98. The molecule has 0 amide bonds. The number of hydrogen-bond donors (Lipinski definition) is 1. The highest BCUT2D eigenvalue weighted by Crippen LogP contribution is 2.33. The molecular weight excluding hydrogens is 213 g/mol. The molecule has 2 heteroatoms. The third kappa shape index (κ3) is 3.29. The lowest BCUT2D eigenvalue weighted by atomic mass is 9.93. The van der Waals surface area contributed by atoms with Gasteiger partial charge in [-0.1, -0.05) is 50.8 Å². The highest BCUT2D eigenvalue weighted by atomic mass is 19.1. The fourth-order valence-electron chi connectivity index (χ4n) is 2.90. The molecule has 1 aromatic rings. The van der Waals surface area contributed by atoms with Crippen molar-refractivity contribution in [2.75, 3.05) is 6.54 Å². The van der Waals surface area contributed by atoms with Crippen LogP contribution in [0.4, 0.5) is 4.39 Å². The second-order valence-corrected chi connectivity index (χ2v) is 5.02. The zero-order valence-corrected chi connectivity index (χ0v) is 10.6. The Balaban J connectivity index is 2.08. The molecule has 1 N–H and O–H groups in total. The Labute approximate surface area is 103 Å². The summed E-state index contributed by atoms with van der Waals surface area (Å²) in [4.78, 5) is 0. The highest BCUT2D eigenvalue weighted by Gasteiger charge is 2.22. The van der Waals surface area contributed by atoms with Crippen LogP contribution in [0.5, 0.6) is 0 Å². The van der Waals surface area contributed by atoms with Gasteiger partial charge in [-0.2, -0.15) is 0 Å². The van der Waals surface area contributed by atoms with Gasteiger partial charge >= 0.3 is 0 Å². The van der Waals surface area contributed by atoms with E-state index in [9.17, 15) is 4.39 Å². The fourth-order valence-corrected chi connectivity index (χ4v) is 2.90. The number of benzene rings is 1. The summed E-state index contributed by atoms with van der Waals surface area (Å²) in [7, 11) is 0. The lowest BCUT2D eigenvalue weighted by molar-refractivity contribution is 0.391. The van der Waals surface area contributed by atoms with Gasteiger partial charge in [0.25, 0.3) is 0 Å². The quantitative estimate of drug-likeness (QED) is 0.811. The summed E-state index contributed by atoms with van der Waals surface area (Å²) >= 11 is 0. The predicted octanol–water partition coefficient (Wildman–Crippen LogP) is 4.06. The Hall–Kier alpha value is -0.890. The maximum absolute atomic E-state index is 13.8. The van der Waals surface area contributed by atoms with Crippen LogP contribution in [0.15, 0.2) is 24.3 Å². The molecule has 0 bridgehead atoms. The van der Waals surface area contributed by atoms with E-state index in [1.54, 1.807) is 12.1 Å². The molecule has 0 spiro atoms. The van der Waals surface area contributed by atoms with Gasteiger partial charge in [0.2, 0.25) is 0 Å². The minimum atomic E-state index is -0.0727. The van der Waals surface area contributed by atoms with Crippen LogP contribution in [0, 0.1) is 11.7 Å². The Bertz CT molecular complexity index is 345. The Morgan fingerprint density at radius 1 is 1.29 bits per heavy atom. The summed E-state index contributed by atoms with van der Waals surface area (Å²) in [5.74, 6) is 0.704. The fraction of sp³-hybridized carbons (Fsp3) is 0.600. The van der Waals surface area contributed by atoms with E-state index >= 15 is 0 Å². The minimum Gasteiger partial charge on any atom is -0.310 e. The molecular formula is C15H22FN. The molecule has 94 valence electrons. The topological polar surface area (TPSA) is 12.0 Å². The smallest absolute Gasteiger partial charge is 0.127 e. The molecule has 0 saturated heterocycles. The minimum absolute atomic E-state index is 0.0727. The van der Waals surface area contributed by atoms with E-state index in [-0.39, 0.29) is 11.9 Å². The standard InChI is InChI=1S/C15H22FN/c1-2-17-15(11-12-7-3-4-8-12)13-9-5-6-10-14(13)16/h5-6,9-10,12,15,17H,2-4,7-8,11H2,1H3. The number of hydrogen-bond acceptors (Lipinski definition) is 1. The molecule has 17 heavy (non-hydrogen) atoms. The van der Waals surface area contributed by atoms with Crippen molar-refractivity contribution in [3.8, 4) is 0 Å². The molecule has 1 saturated carbocycles. The van der Waals surface area contributed by atoms with Crippen molar-refractivity contribution >= 4 is 0 Å². The second-order valence-electron chi connectivity index (χ2n) is 5.02. The molecule has 1 fully saturated rings. The van der Waals surface area contributed by atoms with Gasteiger partial charge in [0.15, 0.2) is 0 Å². The molecule has 1 aliphatic rings. The largest absolute Gasteiger partial charge is 0.310 e. The van der Waals surface area contributed by atoms with Crippen LogP contribution >= 0.6 is 0 Å². The van der Waals surface area contributed by atoms with Crippen LogP contribution in [0.3, 0.4) is 0 Å². The molecule has 1 nitrogen and oxygen atoms in total. The second kappa shape index (κ2) is 6.15. The Morgan fingerprint density at radius 2 is 2.00 bits per heavy atom. The zero-order chi connectivity index (χ0) is 12.1. The van der Waals surface area contributed by atoms with E-state index in [1.165, 1.54) is 25.7 Å². The van der Waals surface area contributed by atoms with E-state index < -0.39 is 0 Å². The molecule has 0 radical (unpaired) electrons. The van der Waals surface area contributed by atoms with Crippen LogP contribution in [-0.2, 0) is 0 Å². The lowest BCUT2D eigenvalue weighted by Gasteiger charge is -2.22. The van der Waals surface area contributed by atoms with Gasteiger partial charge in [-0.15, -0.1) is 0 Å². The molecule has 0 aromatic heterocycles. The first kappa shape index (κ1) is 12.6. The van der Waals surface area contributed by atoms with Gasteiger partial charge in [0, 0.05) is 11.6 Å². The van der Waals surface area contributed by atoms with Crippen molar-refractivity contribution in [1.82, 2.24) is 5.32 Å². The van der Waals surface area contributed by atoms with E-state index in [0.29, 0.717) is 0 Å². The molecule has 1 unspecified atom stereocenters. The first-order valence-corrected chi connectivity index (χ1v) is 6.79. The third-order valence-electron chi connectivity index (χ3n) is 3.77. The van der Waals surface area contributed by atoms with Crippen LogP contribution < -0.4 is 5.32 Å². The Kier molecular flexibility index (Phi) is 4.55. The lowest BCUT2D eigenvalue weighted by Crippen LogP contribution is -2.23. The van der Waals surface area contributed by atoms with Gasteiger partial charge in [-0.25, -0.2) is 4.39 Å². The van der Waals surface area contributed by atoms with Crippen molar-refractivity contribution in [2.24, 2.45) is 5.92 Å². The third-order valence-corrected chi connectivity index (χ3v) is 3.77. The summed E-state index contributed by atoms with van der Waals surface area (Å²) in [6.07, 6.45) is 6.41. The molecule has 1 aliphatic carbocycles. The first-order chi connectivity index (χ1) is 8.31. The molecule has 1 aromatic carbocycles. The first-order valence-electron chi connectivity index (χ1n) is 6.79. The highest BCUT2D eigenvalue weighted by molar-refractivity contribution is 5.21. The average molecular weight is 235 g/mol. The van der Waals surface area contributed by atoms with E-state index in [0.717, 1.165) is 24.4 Å². The van der Waals surface area contributed by atoms with Gasteiger partial charge < -0.3 is 5.32 Å². The SMILES string of the molecule is CCNC(CC1CCCC1)c1ccccc1F. The number of nitrogens with one attached hydrogen (secondary N) is 1. The van der Waals surface area contributed by atoms with Gasteiger partial charge in [-0.05, 0) is 24.9 Å². The van der Waals surface area contributed by atoms with Crippen molar-refractivity contribution in [3.05, 3.63) is 35.6 Å². The molecule has 2 rings (SSSR count). The van der Waals surface area contributed by atoms with E-state index in [2.05, 4.69) is 12.2 Å². The van der Waals surface area contributed by atoms with Crippen LogP contribution in [0.2, 0.25) is 0 Å². The average Bonchev–Trinajstić information content (AvgIpc) is 2.82. The maximum Gasteiger partial charge on any atom is 0.127 e. The molecule has 0 heterocycles. The molecule has 0 aliphatic heterocycles. The van der Waals surface area contributed by atoms with Crippen molar-refractivity contribution in [1.29, 1.82) is 0 Å². The maximum atomic E-state index is 13.8. The van der Waals surface area contributed by atoms with Crippen LogP contribution in [-0.4, -0.2) is 6.54 Å². The summed E-state index contributed by atoms with van der Waals surface area (Å²) < 4.78 is 13.8. The van der Waals surface area contributed by atoms with Gasteiger partial charge in [-0.3, -0.25) is 0 Å². The van der Waals surface area contributed by atoms with E-state index in [1.807, 2.05) is 12.1 Å².